The number of hydrogen-bond donors (Lipinski definition) is 0. The number of rotatable bonds is 6. The van der Waals surface area contributed by atoms with Gasteiger partial charge in [-0.15, -0.1) is 0 Å². The van der Waals surface area contributed by atoms with Crippen LogP contribution >= 0.6 is 31.9 Å². The molecule has 0 saturated heterocycles. The van der Waals surface area contributed by atoms with Crippen LogP contribution in [0, 0.1) is 6.92 Å². The van der Waals surface area contributed by atoms with Crippen LogP contribution in [0.3, 0.4) is 0 Å². The number of carbonyl (C=O) groups is 2. The summed E-state index contributed by atoms with van der Waals surface area (Å²) < 4.78 is 14.0. The molecule has 0 spiro atoms. The molecule has 1 aliphatic carbocycles. The minimum atomic E-state index is -0.278. The van der Waals surface area contributed by atoms with E-state index in [0.29, 0.717) is 22.6 Å². The molecule has 35 heavy (non-hydrogen) atoms. The molecule has 0 aliphatic heterocycles. The van der Waals surface area contributed by atoms with Gasteiger partial charge in [-0.1, -0.05) is 80.4 Å². The normalized spacial score (nSPS) is 12.2. The van der Waals surface area contributed by atoms with Crippen molar-refractivity contribution in [3.05, 3.63) is 127 Å². The van der Waals surface area contributed by atoms with Gasteiger partial charge in [-0.05, 0) is 42.8 Å². The predicted octanol–water partition coefficient (Wildman–Crippen LogP) is 7.45. The van der Waals surface area contributed by atoms with Crippen molar-refractivity contribution < 1.29 is 19.1 Å². The fourth-order valence-corrected chi connectivity index (χ4v) is 4.97. The van der Waals surface area contributed by atoms with Crippen LogP contribution in [0.2, 0.25) is 0 Å². The van der Waals surface area contributed by atoms with Crippen molar-refractivity contribution >= 4 is 43.4 Å². The molecule has 0 aromatic heterocycles. The van der Waals surface area contributed by atoms with Gasteiger partial charge in [0.15, 0.2) is 5.78 Å². The van der Waals surface area contributed by atoms with Gasteiger partial charge in [0.2, 0.25) is 5.78 Å². The highest BCUT2D eigenvalue weighted by atomic mass is 79.9. The zero-order valence-corrected chi connectivity index (χ0v) is 22.0. The first-order chi connectivity index (χ1) is 16.9. The van der Waals surface area contributed by atoms with Gasteiger partial charge in [-0.25, -0.2) is 0 Å². The average molecular weight is 592 g/mol. The first-order valence-corrected chi connectivity index (χ1v) is 12.6. The number of halogens is 2. The Morgan fingerprint density at radius 1 is 0.629 bits per heavy atom. The van der Waals surface area contributed by atoms with Crippen molar-refractivity contribution in [1.82, 2.24) is 0 Å². The molecule has 4 aromatic rings. The molecule has 4 aromatic carbocycles. The molecule has 0 atom stereocenters. The minimum absolute atomic E-state index is 0.213. The predicted molar refractivity (Wildman–Crippen MR) is 141 cm³/mol. The smallest absolute Gasteiger partial charge is 0.201 e. The number of carbonyl (C=O) groups excluding carboxylic acids is 2. The first kappa shape index (κ1) is 23.5. The van der Waals surface area contributed by atoms with Crippen LogP contribution in [-0.2, 0) is 13.2 Å². The van der Waals surface area contributed by atoms with E-state index < -0.39 is 0 Å². The first-order valence-electron chi connectivity index (χ1n) is 11.0. The molecule has 0 fully saturated rings. The standard InChI is InChI=1S/C29H20Br2O4/c1-17-13-21-27(25(14-17)35-16-19-8-3-5-11-23(19)31)29(33)26-20(28(21)32)9-6-12-24(26)34-15-18-7-2-4-10-22(18)30/h2-14H,15-16H2,1H3. The van der Waals surface area contributed by atoms with Crippen LogP contribution in [0.25, 0.3) is 0 Å². The lowest BCUT2D eigenvalue weighted by Gasteiger charge is -2.23. The van der Waals surface area contributed by atoms with Crippen molar-refractivity contribution in [2.24, 2.45) is 0 Å². The third-order valence-electron chi connectivity index (χ3n) is 5.90. The Hall–Kier alpha value is -3.22. The zero-order valence-electron chi connectivity index (χ0n) is 18.8. The molecule has 5 rings (SSSR count). The summed E-state index contributed by atoms with van der Waals surface area (Å²) in [6, 6.07) is 24.1. The van der Waals surface area contributed by atoms with E-state index in [4.69, 9.17) is 9.47 Å². The highest BCUT2D eigenvalue weighted by Gasteiger charge is 2.35. The van der Waals surface area contributed by atoms with Gasteiger partial charge in [-0.2, -0.15) is 0 Å². The number of ether oxygens (including phenoxy) is 2. The summed E-state index contributed by atoms with van der Waals surface area (Å²) in [7, 11) is 0. The molecule has 4 nitrogen and oxygen atoms in total. The van der Waals surface area contributed by atoms with Gasteiger partial charge in [0.25, 0.3) is 0 Å². The van der Waals surface area contributed by atoms with Gasteiger partial charge < -0.3 is 9.47 Å². The Morgan fingerprint density at radius 2 is 1.20 bits per heavy atom. The Kier molecular flexibility index (Phi) is 6.58. The van der Waals surface area contributed by atoms with E-state index in [9.17, 15) is 9.59 Å². The lowest BCUT2D eigenvalue weighted by Crippen LogP contribution is -2.23. The molecule has 174 valence electrons. The van der Waals surface area contributed by atoms with E-state index in [1.807, 2.05) is 55.5 Å². The van der Waals surface area contributed by atoms with E-state index in [0.717, 1.165) is 25.6 Å². The molecule has 0 bridgehead atoms. The molecular formula is C29H20Br2O4. The third kappa shape index (κ3) is 4.56. The number of benzene rings is 4. The van der Waals surface area contributed by atoms with Gasteiger partial charge >= 0.3 is 0 Å². The van der Waals surface area contributed by atoms with Crippen LogP contribution in [-0.4, -0.2) is 11.6 Å². The molecule has 0 heterocycles. The summed E-state index contributed by atoms with van der Waals surface area (Å²) in [5.41, 5.74) is 3.96. The zero-order chi connectivity index (χ0) is 24.5. The van der Waals surface area contributed by atoms with E-state index in [1.165, 1.54) is 0 Å². The highest BCUT2D eigenvalue weighted by Crippen LogP contribution is 2.39. The van der Waals surface area contributed by atoms with Crippen molar-refractivity contribution in [3.63, 3.8) is 0 Å². The van der Waals surface area contributed by atoms with Gasteiger partial charge in [0, 0.05) is 31.2 Å². The largest absolute Gasteiger partial charge is 0.488 e. The van der Waals surface area contributed by atoms with E-state index >= 15 is 0 Å². The van der Waals surface area contributed by atoms with Crippen LogP contribution < -0.4 is 9.47 Å². The summed E-state index contributed by atoms with van der Waals surface area (Å²) in [5, 5.41) is 0. The maximum absolute atomic E-state index is 13.8. The minimum Gasteiger partial charge on any atom is -0.488 e. The van der Waals surface area contributed by atoms with Gasteiger partial charge in [0.1, 0.15) is 24.7 Å². The van der Waals surface area contributed by atoms with Crippen LogP contribution in [0.15, 0.2) is 87.8 Å². The topological polar surface area (TPSA) is 52.6 Å². The molecule has 0 N–H and O–H groups in total. The highest BCUT2D eigenvalue weighted by molar-refractivity contribution is 9.10. The van der Waals surface area contributed by atoms with Crippen molar-refractivity contribution in [3.8, 4) is 11.5 Å². The summed E-state index contributed by atoms with van der Waals surface area (Å²) in [6.45, 7) is 2.40. The van der Waals surface area contributed by atoms with E-state index in [2.05, 4.69) is 31.9 Å². The molecule has 0 radical (unpaired) electrons. The monoisotopic (exact) mass is 590 g/mol. The lowest BCUT2D eigenvalue weighted by molar-refractivity contribution is 0.0971. The summed E-state index contributed by atoms with van der Waals surface area (Å²) in [6.07, 6.45) is 0. The maximum atomic E-state index is 13.8. The maximum Gasteiger partial charge on any atom is 0.201 e. The number of hydrogen-bond acceptors (Lipinski definition) is 4. The fourth-order valence-electron chi connectivity index (χ4n) is 4.17. The summed E-state index contributed by atoms with van der Waals surface area (Å²) in [4.78, 5) is 27.3. The SMILES string of the molecule is Cc1cc(OCc2ccccc2Br)c2c(c1)C(=O)c1cccc(OCc3ccccc3Br)c1C2=O. The molecule has 0 saturated carbocycles. The Morgan fingerprint density at radius 3 is 1.83 bits per heavy atom. The van der Waals surface area contributed by atoms with Gasteiger partial charge in [0.05, 0.1) is 11.1 Å². The number of fused-ring (bicyclic) bond motifs is 2. The van der Waals surface area contributed by atoms with Crippen LogP contribution in [0.5, 0.6) is 11.5 Å². The quantitative estimate of drug-likeness (QED) is 0.206. The van der Waals surface area contributed by atoms with E-state index in [1.54, 1.807) is 30.3 Å². The van der Waals surface area contributed by atoms with Crippen LogP contribution in [0.4, 0.5) is 0 Å². The van der Waals surface area contributed by atoms with Crippen molar-refractivity contribution in [2.45, 2.75) is 20.1 Å². The summed E-state index contributed by atoms with van der Waals surface area (Å²) in [5.74, 6) is 0.273. The molecule has 1 aliphatic rings. The summed E-state index contributed by atoms with van der Waals surface area (Å²) >= 11 is 7.06. The molecule has 6 heteroatoms. The lowest BCUT2D eigenvalue weighted by atomic mass is 9.82. The van der Waals surface area contributed by atoms with Crippen molar-refractivity contribution in [1.29, 1.82) is 0 Å². The third-order valence-corrected chi connectivity index (χ3v) is 7.45. The average Bonchev–Trinajstić information content (AvgIpc) is 2.85. The Balaban J connectivity index is 1.52. The van der Waals surface area contributed by atoms with Gasteiger partial charge in [-0.3, -0.25) is 9.59 Å². The van der Waals surface area contributed by atoms with Crippen molar-refractivity contribution in [2.75, 3.05) is 0 Å². The molecule has 0 unspecified atom stereocenters. The molecule has 0 amide bonds. The van der Waals surface area contributed by atoms with E-state index in [-0.39, 0.29) is 35.9 Å². The second kappa shape index (κ2) is 9.80. The Labute approximate surface area is 220 Å². The molecular weight excluding hydrogens is 572 g/mol. The number of aryl methyl sites for hydroxylation is 1. The fraction of sp³-hybridized carbons (Fsp3) is 0.103. The second-order valence-electron chi connectivity index (χ2n) is 8.28. The second-order valence-corrected chi connectivity index (χ2v) is 9.99. The van der Waals surface area contributed by atoms with Crippen LogP contribution in [0.1, 0.15) is 48.5 Å². The Bertz CT molecular complexity index is 1480. The number of ketones is 2.